The van der Waals surface area contributed by atoms with Crippen LogP contribution in [0.2, 0.25) is 0 Å². The molecule has 7 heteroatoms. The van der Waals surface area contributed by atoms with Gasteiger partial charge in [0.15, 0.2) is 5.96 Å². The normalized spacial score (nSPS) is 21.7. The Balaban J connectivity index is 1.47. The molecular weight excluding hydrogens is 392 g/mol. The lowest BCUT2D eigenvalue weighted by Gasteiger charge is -2.31. The molecule has 1 aromatic carbocycles. The lowest BCUT2D eigenvalue weighted by Crippen LogP contribution is -2.48. The van der Waals surface area contributed by atoms with E-state index in [-0.39, 0.29) is 12.1 Å². The van der Waals surface area contributed by atoms with Gasteiger partial charge in [0, 0.05) is 31.2 Å². The van der Waals surface area contributed by atoms with Crippen LogP contribution in [0.5, 0.6) is 5.75 Å². The van der Waals surface area contributed by atoms with E-state index in [2.05, 4.69) is 27.0 Å². The number of phenols is 1. The molecule has 2 aliphatic carbocycles. The van der Waals surface area contributed by atoms with Crippen LogP contribution in [0, 0.1) is 0 Å². The summed E-state index contributed by atoms with van der Waals surface area (Å²) in [6.07, 6.45) is 7.89. The zero-order valence-electron chi connectivity index (χ0n) is 19.4. The summed E-state index contributed by atoms with van der Waals surface area (Å²) in [6, 6.07) is 4.33. The first-order chi connectivity index (χ1) is 14.7. The summed E-state index contributed by atoms with van der Waals surface area (Å²) in [5, 5.41) is 20.3. The summed E-state index contributed by atoms with van der Waals surface area (Å²) < 4.78 is 5.36. The van der Waals surface area contributed by atoms with Crippen LogP contribution in [0.15, 0.2) is 17.1 Å². The lowest BCUT2D eigenvalue weighted by atomic mass is 9.88. The van der Waals surface area contributed by atoms with E-state index in [1.807, 2.05) is 26.8 Å². The van der Waals surface area contributed by atoms with Crippen molar-refractivity contribution < 1.29 is 14.6 Å². The number of carbonyl (C=O) groups excluding carboxylic acids is 1. The van der Waals surface area contributed by atoms with Crippen LogP contribution in [0.4, 0.5) is 4.79 Å². The third-order valence-corrected chi connectivity index (χ3v) is 6.07. The number of aromatic hydroxyl groups is 1. The molecular formula is C24H38N4O3. The van der Waals surface area contributed by atoms with Crippen LogP contribution in [0.1, 0.15) is 76.0 Å². The number of benzene rings is 1. The fraction of sp³-hybridized carbons (Fsp3) is 0.667. The van der Waals surface area contributed by atoms with Gasteiger partial charge in [-0.05, 0) is 89.3 Å². The molecule has 0 spiro atoms. The van der Waals surface area contributed by atoms with Gasteiger partial charge in [-0.25, -0.2) is 4.79 Å². The minimum Gasteiger partial charge on any atom is -0.508 e. The largest absolute Gasteiger partial charge is 0.508 e. The van der Waals surface area contributed by atoms with E-state index >= 15 is 0 Å². The molecule has 0 unspecified atom stereocenters. The number of ether oxygens (including phenoxy) is 1. The number of hydrogen-bond donors (Lipinski definition) is 4. The number of nitrogens with zero attached hydrogens (tertiary/aromatic N) is 1. The van der Waals surface area contributed by atoms with Gasteiger partial charge in [-0.1, -0.05) is 6.07 Å². The van der Waals surface area contributed by atoms with Gasteiger partial charge in [0.05, 0.1) is 0 Å². The molecule has 4 N–H and O–H groups in total. The highest BCUT2D eigenvalue weighted by Crippen LogP contribution is 2.30. The predicted molar refractivity (Wildman–Crippen MR) is 123 cm³/mol. The average Bonchev–Trinajstić information content (AvgIpc) is 2.72. The van der Waals surface area contributed by atoms with Crippen molar-refractivity contribution in [2.45, 2.75) is 96.4 Å². The first kappa shape index (κ1) is 23.2. The average molecular weight is 431 g/mol. The van der Waals surface area contributed by atoms with Gasteiger partial charge in [0.25, 0.3) is 0 Å². The van der Waals surface area contributed by atoms with Crippen molar-refractivity contribution in [3.8, 4) is 5.75 Å². The summed E-state index contributed by atoms with van der Waals surface area (Å²) in [4.78, 5) is 16.4. The number of nitrogens with one attached hydrogen (secondary N) is 3. The highest BCUT2D eigenvalue weighted by molar-refractivity contribution is 5.80. The smallest absolute Gasteiger partial charge is 0.407 e. The number of phenolic OH excluding ortho intramolecular Hbond substituents is 1. The fourth-order valence-corrected chi connectivity index (χ4v) is 4.51. The van der Waals surface area contributed by atoms with Gasteiger partial charge in [-0.15, -0.1) is 0 Å². The summed E-state index contributed by atoms with van der Waals surface area (Å²) in [5.74, 6) is 1.11. The highest BCUT2D eigenvalue weighted by atomic mass is 16.6. The number of aryl methyl sites for hydroxylation is 1. The molecule has 1 amide bonds. The molecule has 0 radical (unpaired) electrons. The number of fused-ring (bicyclic) bond motifs is 1. The van der Waals surface area contributed by atoms with Gasteiger partial charge in [-0.2, -0.15) is 0 Å². The monoisotopic (exact) mass is 430 g/mol. The number of amides is 1. The third kappa shape index (κ3) is 6.77. The van der Waals surface area contributed by atoms with E-state index in [1.165, 1.54) is 24.0 Å². The molecule has 7 nitrogen and oxygen atoms in total. The van der Waals surface area contributed by atoms with E-state index in [0.29, 0.717) is 18.3 Å². The van der Waals surface area contributed by atoms with Crippen LogP contribution in [0.3, 0.4) is 0 Å². The van der Waals surface area contributed by atoms with Crippen molar-refractivity contribution in [1.82, 2.24) is 16.0 Å². The number of rotatable bonds is 4. The second-order valence-corrected chi connectivity index (χ2v) is 9.67. The lowest BCUT2D eigenvalue weighted by molar-refractivity contribution is 0.0490. The van der Waals surface area contributed by atoms with Crippen molar-refractivity contribution in [1.29, 1.82) is 0 Å². The quantitative estimate of drug-likeness (QED) is 0.431. The Hall–Kier alpha value is -2.44. The van der Waals surface area contributed by atoms with E-state index in [4.69, 9.17) is 4.74 Å². The topological polar surface area (TPSA) is 95.0 Å². The molecule has 1 aromatic rings. The number of alkyl carbamates (subject to hydrolysis) is 1. The van der Waals surface area contributed by atoms with Crippen LogP contribution in [-0.2, 0) is 24.1 Å². The fourth-order valence-electron chi connectivity index (χ4n) is 4.51. The summed E-state index contributed by atoms with van der Waals surface area (Å²) in [6.45, 7) is 6.18. The van der Waals surface area contributed by atoms with E-state index in [1.54, 1.807) is 7.05 Å². The minimum absolute atomic E-state index is 0.149. The molecule has 3 rings (SSSR count). The standard InChI is InChI=1S/C24H38N4O3/c1-24(2,3)31-23(30)28-18-12-10-17(11-13-18)27-22(25-4)26-15-20-19-8-6-5-7-16(19)9-14-21(20)29/h9,14,17-18,29H,5-8,10-13,15H2,1-4H3,(H,28,30)(H2,25,26,27). The predicted octanol–water partition coefficient (Wildman–Crippen LogP) is 3.77. The molecule has 0 bridgehead atoms. The Morgan fingerprint density at radius 3 is 2.39 bits per heavy atom. The van der Waals surface area contributed by atoms with Crippen molar-refractivity contribution in [3.05, 3.63) is 28.8 Å². The highest BCUT2D eigenvalue weighted by Gasteiger charge is 2.25. The Bertz CT molecular complexity index is 793. The van der Waals surface area contributed by atoms with Crippen molar-refractivity contribution >= 4 is 12.1 Å². The van der Waals surface area contributed by atoms with E-state index < -0.39 is 5.60 Å². The van der Waals surface area contributed by atoms with Gasteiger partial charge >= 0.3 is 6.09 Å². The summed E-state index contributed by atoms with van der Waals surface area (Å²) in [5.41, 5.74) is 3.17. The first-order valence-corrected chi connectivity index (χ1v) is 11.5. The minimum atomic E-state index is -0.479. The molecule has 1 fully saturated rings. The molecule has 0 atom stereocenters. The van der Waals surface area contributed by atoms with Gasteiger partial charge in [0.2, 0.25) is 0 Å². The van der Waals surface area contributed by atoms with E-state index in [0.717, 1.165) is 50.0 Å². The second-order valence-electron chi connectivity index (χ2n) is 9.67. The SMILES string of the molecule is CN=C(NCc1c(O)ccc2c1CCCC2)NC1CCC(NC(=O)OC(C)(C)C)CC1. The van der Waals surface area contributed by atoms with Gasteiger partial charge < -0.3 is 25.8 Å². The maximum Gasteiger partial charge on any atom is 0.407 e. The summed E-state index contributed by atoms with van der Waals surface area (Å²) >= 11 is 0. The zero-order valence-corrected chi connectivity index (χ0v) is 19.4. The van der Waals surface area contributed by atoms with Crippen LogP contribution >= 0.6 is 0 Å². The molecule has 1 saturated carbocycles. The number of aliphatic imine (C=N–C) groups is 1. The Labute approximate surface area is 186 Å². The molecule has 0 saturated heterocycles. The third-order valence-electron chi connectivity index (χ3n) is 6.07. The molecule has 0 aromatic heterocycles. The summed E-state index contributed by atoms with van der Waals surface area (Å²) in [7, 11) is 1.77. The maximum absolute atomic E-state index is 12.0. The number of guanidine groups is 1. The molecule has 0 aliphatic heterocycles. The Kier molecular flexibility index (Phi) is 7.68. The van der Waals surface area contributed by atoms with Crippen LogP contribution in [0.25, 0.3) is 0 Å². The van der Waals surface area contributed by atoms with Gasteiger partial charge in [-0.3, -0.25) is 4.99 Å². The molecule has 31 heavy (non-hydrogen) atoms. The molecule has 0 heterocycles. The Morgan fingerprint density at radius 1 is 1.10 bits per heavy atom. The Morgan fingerprint density at radius 2 is 1.74 bits per heavy atom. The van der Waals surface area contributed by atoms with Crippen LogP contribution < -0.4 is 16.0 Å². The molecule has 2 aliphatic rings. The second kappa shape index (κ2) is 10.2. The van der Waals surface area contributed by atoms with Gasteiger partial charge in [0.1, 0.15) is 11.4 Å². The first-order valence-electron chi connectivity index (χ1n) is 11.5. The zero-order chi connectivity index (χ0) is 22.4. The molecule has 172 valence electrons. The van der Waals surface area contributed by atoms with Crippen molar-refractivity contribution in [2.75, 3.05) is 7.05 Å². The van der Waals surface area contributed by atoms with Crippen LogP contribution in [-0.4, -0.2) is 41.9 Å². The van der Waals surface area contributed by atoms with Crippen molar-refractivity contribution in [2.24, 2.45) is 4.99 Å². The number of hydrogen-bond acceptors (Lipinski definition) is 4. The van der Waals surface area contributed by atoms with Crippen molar-refractivity contribution in [3.63, 3.8) is 0 Å². The number of carbonyl (C=O) groups is 1. The maximum atomic E-state index is 12.0. The van der Waals surface area contributed by atoms with E-state index in [9.17, 15) is 9.90 Å².